The topological polar surface area (TPSA) is 51.8 Å². The van der Waals surface area contributed by atoms with E-state index in [2.05, 4.69) is 84.9 Å². The van der Waals surface area contributed by atoms with Crippen molar-refractivity contribution < 1.29 is 4.42 Å². The standard InChI is InChI=1S/C43H33N3O/c1-2-10-27(11-3-1)40-44-41(46-42(45-40)33-15-9-19-37-39(33)31-13-5-7-18-36(31)47-37)32-14-8-17-35-38(32)30-12-4-6-16-34(30)43(35)28-21-25-20-26(23-28)24-29(43)22-25/h1-19,25-26,28-29H,20-24H2. The Morgan fingerprint density at radius 2 is 1.09 bits per heavy atom. The van der Waals surface area contributed by atoms with Gasteiger partial charge in [-0.2, -0.15) is 0 Å². The third-order valence-electron chi connectivity index (χ3n) is 12.1. The molecule has 1 spiro atoms. The molecule has 4 saturated carbocycles. The lowest BCUT2D eigenvalue weighted by molar-refractivity contribution is -0.0399. The van der Waals surface area contributed by atoms with E-state index in [0.29, 0.717) is 23.5 Å². The Labute approximate surface area is 273 Å². The van der Waals surface area contributed by atoms with Crippen molar-refractivity contribution in [2.45, 2.75) is 37.5 Å². The average Bonchev–Trinajstić information content (AvgIpc) is 3.65. The van der Waals surface area contributed by atoms with Crippen LogP contribution in [0.25, 0.3) is 67.2 Å². The van der Waals surface area contributed by atoms with Crippen LogP contribution in [0.4, 0.5) is 0 Å². The van der Waals surface area contributed by atoms with Crippen molar-refractivity contribution >= 4 is 21.9 Å². The van der Waals surface area contributed by atoms with Gasteiger partial charge < -0.3 is 4.42 Å². The van der Waals surface area contributed by atoms with Gasteiger partial charge in [0.05, 0.1) is 0 Å². The number of benzene rings is 5. The maximum Gasteiger partial charge on any atom is 0.164 e. The first-order valence-corrected chi connectivity index (χ1v) is 17.2. The number of nitrogens with zero attached hydrogens (tertiary/aromatic N) is 3. The molecule has 12 rings (SSSR count). The second kappa shape index (κ2) is 9.48. The smallest absolute Gasteiger partial charge is 0.164 e. The highest BCUT2D eigenvalue weighted by Gasteiger charge is 2.61. The van der Waals surface area contributed by atoms with Crippen LogP contribution in [0.15, 0.2) is 120 Å². The van der Waals surface area contributed by atoms with E-state index in [1.165, 1.54) is 48.8 Å². The van der Waals surface area contributed by atoms with Gasteiger partial charge in [-0.1, -0.05) is 103 Å². The largest absolute Gasteiger partial charge is 0.456 e. The van der Waals surface area contributed by atoms with Crippen LogP contribution in [0.1, 0.15) is 43.2 Å². The minimum absolute atomic E-state index is 0.0920. The summed E-state index contributed by atoms with van der Waals surface area (Å²) in [6.45, 7) is 0. The molecular weight excluding hydrogens is 574 g/mol. The van der Waals surface area contributed by atoms with Gasteiger partial charge in [0.2, 0.25) is 0 Å². The fraction of sp³-hybridized carbons (Fsp3) is 0.233. The van der Waals surface area contributed by atoms with Crippen LogP contribution in [-0.4, -0.2) is 15.0 Å². The third kappa shape index (κ3) is 3.51. The van der Waals surface area contributed by atoms with E-state index < -0.39 is 0 Å². The molecule has 0 unspecified atom stereocenters. The van der Waals surface area contributed by atoms with E-state index in [1.54, 1.807) is 5.56 Å². The number of hydrogen-bond donors (Lipinski definition) is 0. The summed E-state index contributed by atoms with van der Waals surface area (Å²) >= 11 is 0. The molecule has 4 fully saturated rings. The van der Waals surface area contributed by atoms with E-state index >= 15 is 0 Å². The van der Waals surface area contributed by atoms with E-state index in [0.717, 1.165) is 56.3 Å². The van der Waals surface area contributed by atoms with Crippen molar-refractivity contribution in [3.63, 3.8) is 0 Å². The molecule has 5 aliphatic carbocycles. The molecule has 0 saturated heterocycles. The average molecular weight is 608 g/mol. The van der Waals surface area contributed by atoms with Crippen LogP contribution in [0.3, 0.4) is 0 Å². The zero-order chi connectivity index (χ0) is 30.7. The first kappa shape index (κ1) is 26.0. The quantitative estimate of drug-likeness (QED) is 0.201. The molecule has 5 aromatic carbocycles. The number of furan rings is 1. The number of rotatable bonds is 3. The van der Waals surface area contributed by atoms with Gasteiger partial charge in [-0.3, -0.25) is 0 Å². The van der Waals surface area contributed by atoms with Gasteiger partial charge in [0.1, 0.15) is 11.2 Å². The van der Waals surface area contributed by atoms with Crippen LogP contribution >= 0.6 is 0 Å². The molecule has 0 aliphatic heterocycles. The second-order valence-electron chi connectivity index (χ2n) is 14.4. The van der Waals surface area contributed by atoms with Gasteiger partial charge in [-0.05, 0) is 90.2 Å². The minimum atomic E-state index is 0.0920. The van der Waals surface area contributed by atoms with Crippen molar-refractivity contribution in [2.75, 3.05) is 0 Å². The molecule has 47 heavy (non-hydrogen) atoms. The monoisotopic (exact) mass is 607 g/mol. The highest BCUT2D eigenvalue weighted by Crippen LogP contribution is 2.69. The lowest BCUT2D eigenvalue weighted by atomic mass is 9.43. The summed E-state index contributed by atoms with van der Waals surface area (Å²) in [6.07, 6.45) is 6.90. The van der Waals surface area contributed by atoms with Gasteiger partial charge in [0, 0.05) is 32.9 Å². The Hall–Kier alpha value is -5.09. The van der Waals surface area contributed by atoms with Crippen LogP contribution in [0.2, 0.25) is 0 Å². The number of fused-ring (bicyclic) bond motifs is 6. The molecule has 0 radical (unpaired) electrons. The highest BCUT2D eigenvalue weighted by atomic mass is 16.3. The Balaban J connectivity index is 1.18. The van der Waals surface area contributed by atoms with E-state index in [1.807, 2.05) is 30.3 Å². The molecule has 4 nitrogen and oxygen atoms in total. The molecule has 2 aromatic heterocycles. The van der Waals surface area contributed by atoms with E-state index in [9.17, 15) is 0 Å². The lowest BCUT2D eigenvalue weighted by Crippen LogP contribution is -2.55. The first-order valence-electron chi connectivity index (χ1n) is 17.2. The Morgan fingerprint density at radius 3 is 1.91 bits per heavy atom. The van der Waals surface area contributed by atoms with Gasteiger partial charge >= 0.3 is 0 Å². The first-order chi connectivity index (χ1) is 23.3. The van der Waals surface area contributed by atoms with Crippen molar-refractivity contribution in [1.82, 2.24) is 15.0 Å². The number of hydrogen-bond acceptors (Lipinski definition) is 4. The van der Waals surface area contributed by atoms with Crippen molar-refractivity contribution in [1.29, 1.82) is 0 Å². The predicted octanol–water partition coefficient (Wildman–Crippen LogP) is 10.5. The highest BCUT2D eigenvalue weighted by molar-refractivity contribution is 6.11. The summed E-state index contributed by atoms with van der Waals surface area (Å²) in [5.41, 5.74) is 10.6. The maximum absolute atomic E-state index is 6.28. The fourth-order valence-electron chi connectivity index (χ4n) is 10.7. The number of aromatic nitrogens is 3. The second-order valence-corrected chi connectivity index (χ2v) is 14.4. The van der Waals surface area contributed by atoms with E-state index in [-0.39, 0.29) is 5.41 Å². The molecule has 0 atom stereocenters. The molecule has 2 heterocycles. The predicted molar refractivity (Wildman–Crippen MR) is 187 cm³/mol. The van der Waals surface area contributed by atoms with Crippen LogP contribution in [0.5, 0.6) is 0 Å². The molecule has 4 heteroatoms. The molecule has 226 valence electrons. The lowest BCUT2D eigenvalue weighted by Gasteiger charge is -2.61. The summed E-state index contributed by atoms with van der Waals surface area (Å²) < 4.78 is 6.28. The normalized spacial score (nSPS) is 25.1. The molecular formula is C43H33N3O. The van der Waals surface area contributed by atoms with Gasteiger partial charge in [0.15, 0.2) is 17.5 Å². The van der Waals surface area contributed by atoms with Crippen molar-refractivity contribution in [2.24, 2.45) is 23.7 Å². The van der Waals surface area contributed by atoms with Crippen LogP contribution in [0, 0.1) is 23.7 Å². The van der Waals surface area contributed by atoms with Crippen molar-refractivity contribution in [3.05, 3.63) is 126 Å². The van der Waals surface area contributed by atoms with Gasteiger partial charge in [-0.15, -0.1) is 0 Å². The summed E-state index contributed by atoms with van der Waals surface area (Å²) in [6, 6.07) is 41.0. The molecule has 5 aliphatic rings. The fourth-order valence-corrected chi connectivity index (χ4v) is 10.7. The summed E-state index contributed by atoms with van der Waals surface area (Å²) in [5.74, 6) is 5.30. The zero-order valence-electron chi connectivity index (χ0n) is 26.1. The molecule has 0 amide bonds. The third-order valence-corrected chi connectivity index (χ3v) is 12.1. The van der Waals surface area contributed by atoms with Crippen molar-refractivity contribution in [3.8, 4) is 45.3 Å². The maximum atomic E-state index is 6.28. The minimum Gasteiger partial charge on any atom is -0.456 e. The number of para-hydroxylation sites is 1. The molecule has 7 aromatic rings. The van der Waals surface area contributed by atoms with E-state index in [4.69, 9.17) is 19.4 Å². The summed E-state index contributed by atoms with van der Waals surface area (Å²) in [5, 5.41) is 2.11. The summed E-state index contributed by atoms with van der Waals surface area (Å²) in [7, 11) is 0. The van der Waals surface area contributed by atoms with Gasteiger partial charge in [-0.25, -0.2) is 15.0 Å². The van der Waals surface area contributed by atoms with Crippen LogP contribution in [-0.2, 0) is 5.41 Å². The van der Waals surface area contributed by atoms with Crippen LogP contribution < -0.4 is 0 Å². The molecule has 0 N–H and O–H groups in total. The Bertz CT molecular complexity index is 2360. The molecule has 4 bridgehead atoms. The SMILES string of the molecule is c1ccc(-c2nc(-c3cccc4c3-c3ccccc3C43C4CC5CC(C4)CC3C5)nc(-c3cccc4oc5ccccc5c34)n2)cc1. The summed E-state index contributed by atoms with van der Waals surface area (Å²) in [4.78, 5) is 15.8. The zero-order valence-corrected chi connectivity index (χ0v) is 26.1. The van der Waals surface area contributed by atoms with Gasteiger partial charge in [0.25, 0.3) is 0 Å². The Kier molecular flexibility index (Phi) is 5.25. The Morgan fingerprint density at radius 1 is 0.489 bits per heavy atom.